The van der Waals surface area contributed by atoms with Gasteiger partial charge in [-0.3, -0.25) is 0 Å². The molecule has 0 aromatic carbocycles. The summed E-state index contributed by atoms with van der Waals surface area (Å²) in [5.74, 6) is 2.59. The van der Waals surface area contributed by atoms with Gasteiger partial charge in [0.25, 0.3) is 0 Å². The third-order valence-corrected chi connectivity index (χ3v) is 8.32. The number of allylic oxidation sites excluding steroid dienone is 1. The quantitative estimate of drug-likeness (QED) is 0.532. The summed E-state index contributed by atoms with van der Waals surface area (Å²) >= 11 is 0. The maximum Gasteiger partial charge on any atom is 0.123 e. The van der Waals surface area contributed by atoms with Gasteiger partial charge in [-0.05, 0) is 80.0 Å². The van der Waals surface area contributed by atoms with Crippen LogP contribution in [0.15, 0.2) is 11.6 Å². The van der Waals surface area contributed by atoms with Crippen LogP contribution in [0.2, 0.25) is 0 Å². The molecule has 7 atom stereocenters. The van der Waals surface area contributed by atoms with E-state index in [4.69, 9.17) is 0 Å². The lowest BCUT2D eigenvalue weighted by Crippen LogP contribution is -2.50. The van der Waals surface area contributed by atoms with Crippen LogP contribution in [0.25, 0.3) is 0 Å². The van der Waals surface area contributed by atoms with Gasteiger partial charge in [0.1, 0.15) is 6.29 Å². The Morgan fingerprint density at radius 1 is 1.08 bits per heavy atom. The second kappa shape index (κ2) is 6.59. The molecule has 3 saturated carbocycles. The van der Waals surface area contributed by atoms with E-state index >= 15 is 0 Å². The molecular formula is C22H36O2. The zero-order chi connectivity index (χ0) is 17.5. The summed E-state index contributed by atoms with van der Waals surface area (Å²) in [5.41, 5.74) is 2.13. The minimum atomic E-state index is -0.115. The molecule has 0 aliphatic heterocycles. The number of aliphatic hydroxyl groups is 1. The molecule has 4 aliphatic rings. The minimum absolute atomic E-state index is 0.115. The van der Waals surface area contributed by atoms with Crippen molar-refractivity contribution in [1.82, 2.24) is 0 Å². The van der Waals surface area contributed by atoms with Gasteiger partial charge in [0.2, 0.25) is 0 Å². The molecule has 0 heterocycles. The molecule has 2 nitrogen and oxygen atoms in total. The molecule has 0 bridgehead atoms. The Bertz CT molecular complexity index is 510. The van der Waals surface area contributed by atoms with Crippen LogP contribution in [-0.2, 0) is 4.79 Å². The third-order valence-electron chi connectivity index (χ3n) is 8.32. The second-order valence-electron chi connectivity index (χ2n) is 9.02. The van der Waals surface area contributed by atoms with Crippen LogP contribution in [0.4, 0.5) is 0 Å². The highest BCUT2D eigenvalue weighted by molar-refractivity contribution is 5.56. The van der Waals surface area contributed by atoms with Gasteiger partial charge in [-0.2, -0.15) is 0 Å². The van der Waals surface area contributed by atoms with Gasteiger partial charge < -0.3 is 9.90 Å². The zero-order valence-corrected chi connectivity index (χ0v) is 16.1. The number of carbonyl (C=O) groups excluding carboxylic acids is 1. The summed E-state index contributed by atoms with van der Waals surface area (Å²) in [7, 11) is 0. The van der Waals surface area contributed by atoms with Gasteiger partial charge in [-0.15, -0.1) is 0 Å². The first-order valence-electron chi connectivity index (χ1n) is 10.3. The SMILES string of the molecule is CC.CC12CCC(O)CC1=CCC1C2CCC2(C)C(C=O)CCC12. The van der Waals surface area contributed by atoms with E-state index in [-0.39, 0.29) is 11.5 Å². The summed E-state index contributed by atoms with van der Waals surface area (Å²) in [6.45, 7) is 8.86. The average Bonchev–Trinajstić information content (AvgIpc) is 2.93. The lowest BCUT2D eigenvalue weighted by Gasteiger charge is -2.57. The van der Waals surface area contributed by atoms with E-state index in [9.17, 15) is 9.90 Å². The molecule has 0 amide bonds. The molecule has 4 rings (SSSR count). The van der Waals surface area contributed by atoms with E-state index in [0.717, 1.165) is 43.4 Å². The smallest absolute Gasteiger partial charge is 0.123 e. The van der Waals surface area contributed by atoms with Crippen LogP contribution in [0.3, 0.4) is 0 Å². The van der Waals surface area contributed by atoms with Gasteiger partial charge in [0.05, 0.1) is 6.10 Å². The number of carbonyl (C=O) groups is 1. The predicted octanol–water partition coefficient (Wildman–Crippen LogP) is 5.15. The van der Waals surface area contributed by atoms with E-state index in [2.05, 4.69) is 19.9 Å². The summed E-state index contributed by atoms with van der Waals surface area (Å²) in [6, 6.07) is 0. The Morgan fingerprint density at radius 2 is 1.83 bits per heavy atom. The second-order valence-corrected chi connectivity index (χ2v) is 9.02. The predicted molar refractivity (Wildman–Crippen MR) is 98.6 cm³/mol. The molecule has 7 unspecified atom stereocenters. The molecule has 24 heavy (non-hydrogen) atoms. The first-order chi connectivity index (χ1) is 11.5. The number of fused-ring (bicyclic) bond motifs is 5. The van der Waals surface area contributed by atoms with Gasteiger partial charge in [0.15, 0.2) is 0 Å². The van der Waals surface area contributed by atoms with Crippen LogP contribution in [0, 0.1) is 34.5 Å². The Hall–Kier alpha value is -0.630. The summed E-state index contributed by atoms with van der Waals surface area (Å²) in [5, 5.41) is 10.0. The van der Waals surface area contributed by atoms with E-state index in [1.165, 1.54) is 32.0 Å². The monoisotopic (exact) mass is 332 g/mol. The molecule has 2 heteroatoms. The first kappa shape index (κ1) is 18.2. The van der Waals surface area contributed by atoms with Crippen molar-refractivity contribution in [3.05, 3.63) is 11.6 Å². The van der Waals surface area contributed by atoms with Crippen molar-refractivity contribution < 1.29 is 9.90 Å². The summed E-state index contributed by atoms with van der Waals surface area (Å²) < 4.78 is 0. The number of aldehydes is 1. The lowest BCUT2D eigenvalue weighted by atomic mass is 9.47. The average molecular weight is 333 g/mol. The fourth-order valence-electron chi connectivity index (χ4n) is 6.91. The summed E-state index contributed by atoms with van der Waals surface area (Å²) in [4.78, 5) is 11.5. The summed E-state index contributed by atoms with van der Waals surface area (Å²) in [6.07, 6.45) is 12.7. The van der Waals surface area contributed by atoms with Crippen LogP contribution in [-0.4, -0.2) is 17.5 Å². The number of hydrogen-bond acceptors (Lipinski definition) is 2. The molecule has 0 spiro atoms. The van der Waals surface area contributed by atoms with Gasteiger partial charge in [-0.1, -0.05) is 39.3 Å². The van der Waals surface area contributed by atoms with Crippen LogP contribution in [0.1, 0.15) is 79.1 Å². The molecule has 4 aliphatic carbocycles. The van der Waals surface area contributed by atoms with Crippen molar-refractivity contribution in [1.29, 1.82) is 0 Å². The van der Waals surface area contributed by atoms with Gasteiger partial charge in [0, 0.05) is 5.92 Å². The van der Waals surface area contributed by atoms with Crippen molar-refractivity contribution in [2.45, 2.75) is 85.2 Å². The van der Waals surface area contributed by atoms with Crippen molar-refractivity contribution in [3.8, 4) is 0 Å². The lowest BCUT2D eigenvalue weighted by molar-refractivity contribution is -0.117. The fourth-order valence-corrected chi connectivity index (χ4v) is 6.91. The number of hydrogen-bond donors (Lipinski definition) is 1. The normalized spacial score (nSPS) is 49.7. The highest BCUT2D eigenvalue weighted by Gasteiger charge is 2.58. The van der Waals surface area contributed by atoms with Crippen molar-refractivity contribution in [3.63, 3.8) is 0 Å². The molecular weight excluding hydrogens is 296 g/mol. The highest BCUT2D eigenvalue weighted by Crippen LogP contribution is 2.65. The van der Waals surface area contributed by atoms with Crippen LogP contribution in [0.5, 0.6) is 0 Å². The number of aliphatic hydroxyl groups excluding tert-OH is 1. The van der Waals surface area contributed by atoms with Crippen molar-refractivity contribution in [2.75, 3.05) is 0 Å². The molecule has 3 fully saturated rings. The molecule has 136 valence electrons. The van der Waals surface area contributed by atoms with Gasteiger partial charge in [-0.25, -0.2) is 0 Å². The minimum Gasteiger partial charge on any atom is -0.393 e. The maximum atomic E-state index is 11.5. The van der Waals surface area contributed by atoms with Crippen molar-refractivity contribution in [2.24, 2.45) is 34.5 Å². The number of rotatable bonds is 1. The largest absolute Gasteiger partial charge is 0.393 e. The zero-order valence-electron chi connectivity index (χ0n) is 16.1. The Balaban J connectivity index is 0.000000815. The molecule has 0 aromatic rings. The fraction of sp³-hybridized carbons (Fsp3) is 0.864. The maximum absolute atomic E-state index is 11.5. The highest BCUT2D eigenvalue weighted by atomic mass is 16.3. The van der Waals surface area contributed by atoms with Gasteiger partial charge >= 0.3 is 0 Å². The molecule has 0 radical (unpaired) electrons. The Kier molecular flexibility index (Phi) is 4.99. The van der Waals surface area contributed by atoms with E-state index in [0.29, 0.717) is 11.3 Å². The molecule has 0 saturated heterocycles. The Morgan fingerprint density at radius 3 is 2.54 bits per heavy atom. The van der Waals surface area contributed by atoms with E-state index in [1.807, 2.05) is 13.8 Å². The standard InChI is InChI=1S/C20H30O2.C2H6/c1-19-9-7-15(22)11-13(19)3-5-16-17-6-4-14(12-21)20(17,2)10-8-18(16)19;1-2/h3,12,14-18,22H,4-11H2,1-2H3;1-2H3. The van der Waals surface area contributed by atoms with Crippen LogP contribution < -0.4 is 0 Å². The Labute approximate surface area is 148 Å². The van der Waals surface area contributed by atoms with Crippen LogP contribution >= 0.6 is 0 Å². The molecule has 0 aromatic heterocycles. The first-order valence-corrected chi connectivity index (χ1v) is 10.3. The van der Waals surface area contributed by atoms with Crippen molar-refractivity contribution >= 4 is 6.29 Å². The topological polar surface area (TPSA) is 37.3 Å². The van der Waals surface area contributed by atoms with E-state index < -0.39 is 0 Å². The molecule has 1 N–H and O–H groups in total. The third kappa shape index (κ3) is 2.52. The van der Waals surface area contributed by atoms with E-state index in [1.54, 1.807) is 5.57 Å².